The van der Waals surface area contributed by atoms with Crippen molar-refractivity contribution in [3.63, 3.8) is 0 Å². The maximum absolute atomic E-state index is 12.6. The Balaban J connectivity index is 1.50. The standard InChI is InChI=1S/C20H22N6O/c1-14-4-2-8-22-19(14)24-18-12-15(6-9-21-18)16-5-3-11-26(13-16)20(27)17-7-10-23-25-17/h2,4,6-10,12,16H,3,5,11,13H2,1H3,(H,23,25)(H,21,22,24)/t16-/m1/s1. The number of anilines is 2. The van der Waals surface area contributed by atoms with Crippen LogP contribution < -0.4 is 5.32 Å². The molecular weight excluding hydrogens is 340 g/mol. The zero-order chi connectivity index (χ0) is 18.6. The van der Waals surface area contributed by atoms with Crippen molar-refractivity contribution in [2.24, 2.45) is 0 Å². The zero-order valence-electron chi connectivity index (χ0n) is 15.2. The molecule has 4 heterocycles. The summed E-state index contributed by atoms with van der Waals surface area (Å²) < 4.78 is 0. The third-order valence-electron chi connectivity index (χ3n) is 4.95. The topological polar surface area (TPSA) is 86.8 Å². The van der Waals surface area contributed by atoms with E-state index in [0.717, 1.165) is 36.6 Å². The van der Waals surface area contributed by atoms with Gasteiger partial charge in [-0.25, -0.2) is 9.97 Å². The van der Waals surface area contributed by atoms with Crippen LogP contribution in [-0.2, 0) is 0 Å². The van der Waals surface area contributed by atoms with Gasteiger partial charge < -0.3 is 10.2 Å². The Morgan fingerprint density at radius 3 is 2.96 bits per heavy atom. The maximum atomic E-state index is 12.6. The highest BCUT2D eigenvalue weighted by atomic mass is 16.2. The Morgan fingerprint density at radius 1 is 1.22 bits per heavy atom. The number of H-pyrrole nitrogens is 1. The van der Waals surface area contributed by atoms with E-state index in [1.807, 2.05) is 36.2 Å². The first-order valence-corrected chi connectivity index (χ1v) is 9.14. The van der Waals surface area contributed by atoms with Gasteiger partial charge in [0.25, 0.3) is 5.91 Å². The fourth-order valence-corrected chi connectivity index (χ4v) is 3.49. The number of rotatable bonds is 4. The monoisotopic (exact) mass is 362 g/mol. The molecule has 3 aromatic rings. The summed E-state index contributed by atoms with van der Waals surface area (Å²) in [5.41, 5.74) is 2.79. The number of carbonyl (C=O) groups is 1. The summed E-state index contributed by atoms with van der Waals surface area (Å²) in [6, 6.07) is 9.74. The Labute approximate surface area is 157 Å². The molecule has 3 aromatic heterocycles. The van der Waals surface area contributed by atoms with Crippen LogP contribution in [0.5, 0.6) is 0 Å². The number of hydrogen-bond donors (Lipinski definition) is 2. The molecular formula is C20H22N6O. The van der Waals surface area contributed by atoms with Crippen molar-refractivity contribution in [1.82, 2.24) is 25.1 Å². The van der Waals surface area contributed by atoms with E-state index in [1.165, 1.54) is 5.56 Å². The summed E-state index contributed by atoms with van der Waals surface area (Å²) in [7, 11) is 0. The highest BCUT2D eigenvalue weighted by molar-refractivity contribution is 5.92. The van der Waals surface area contributed by atoms with Crippen LogP contribution in [-0.4, -0.2) is 44.1 Å². The normalized spacial score (nSPS) is 16.9. The highest BCUT2D eigenvalue weighted by Gasteiger charge is 2.26. The van der Waals surface area contributed by atoms with E-state index in [4.69, 9.17) is 0 Å². The third kappa shape index (κ3) is 3.81. The van der Waals surface area contributed by atoms with Crippen molar-refractivity contribution < 1.29 is 4.79 Å². The van der Waals surface area contributed by atoms with Gasteiger partial charge in [-0.05, 0) is 55.2 Å². The van der Waals surface area contributed by atoms with Gasteiger partial charge in [-0.15, -0.1) is 0 Å². The van der Waals surface area contributed by atoms with Gasteiger partial charge in [-0.2, -0.15) is 5.10 Å². The predicted octanol–water partition coefficient (Wildman–Crippen LogP) is 3.27. The largest absolute Gasteiger partial charge is 0.337 e. The Bertz CT molecular complexity index is 924. The molecule has 0 aliphatic carbocycles. The van der Waals surface area contributed by atoms with Crippen molar-refractivity contribution >= 4 is 17.5 Å². The Kier molecular flexibility index (Phi) is 4.82. The number of pyridine rings is 2. The minimum Gasteiger partial charge on any atom is -0.337 e. The van der Waals surface area contributed by atoms with Crippen LogP contribution in [0.25, 0.3) is 0 Å². The SMILES string of the molecule is Cc1cccnc1Nc1cc([C@@H]2CCCN(C(=O)c3ccn[nH]3)C2)ccn1. The zero-order valence-corrected chi connectivity index (χ0v) is 15.2. The minimum absolute atomic E-state index is 0.00807. The van der Waals surface area contributed by atoms with Crippen LogP contribution >= 0.6 is 0 Å². The summed E-state index contributed by atoms with van der Waals surface area (Å²) in [4.78, 5) is 23.3. The van der Waals surface area contributed by atoms with Crippen LogP contribution in [0.3, 0.4) is 0 Å². The van der Waals surface area contributed by atoms with E-state index in [9.17, 15) is 4.79 Å². The maximum Gasteiger partial charge on any atom is 0.271 e. The van der Waals surface area contributed by atoms with Gasteiger partial charge in [0, 0.05) is 37.6 Å². The van der Waals surface area contributed by atoms with Crippen LogP contribution in [0.4, 0.5) is 11.6 Å². The van der Waals surface area contributed by atoms with Gasteiger partial charge >= 0.3 is 0 Å². The lowest BCUT2D eigenvalue weighted by molar-refractivity contribution is 0.0701. The van der Waals surface area contributed by atoms with Crippen molar-refractivity contribution in [3.05, 3.63) is 65.7 Å². The predicted molar refractivity (Wildman–Crippen MR) is 103 cm³/mol. The average Bonchev–Trinajstić information content (AvgIpc) is 3.24. The molecule has 7 nitrogen and oxygen atoms in total. The Morgan fingerprint density at radius 2 is 2.15 bits per heavy atom. The fraction of sp³-hybridized carbons (Fsp3) is 0.300. The second-order valence-electron chi connectivity index (χ2n) is 6.83. The molecule has 0 saturated carbocycles. The third-order valence-corrected chi connectivity index (χ3v) is 4.95. The summed E-state index contributed by atoms with van der Waals surface area (Å²) >= 11 is 0. The number of carbonyl (C=O) groups excluding carboxylic acids is 1. The van der Waals surface area contributed by atoms with Gasteiger partial charge in [0.15, 0.2) is 0 Å². The van der Waals surface area contributed by atoms with E-state index in [-0.39, 0.29) is 5.91 Å². The second-order valence-corrected chi connectivity index (χ2v) is 6.83. The number of nitrogens with one attached hydrogen (secondary N) is 2. The molecule has 27 heavy (non-hydrogen) atoms. The van der Waals surface area contributed by atoms with E-state index < -0.39 is 0 Å². The van der Waals surface area contributed by atoms with Crippen LogP contribution in [0.1, 0.15) is 40.4 Å². The van der Waals surface area contributed by atoms with Crippen LogP contribution in [0.2, 0.25) is 0 Å². The molecule has 0 aromatic carbocycles. The van der Waals surface area contributed by atoms with E-state index in [0.29, 0.717) is 18.2 Å². The van der Waals surface area contributed by atoms with Crippen LogP contribution in [0.15, 0.2) is 48.9 Å². The number of amides is 1. The summed E-state index contributed by atoms with van der Waals surface area (Å²) in [6.45, 7) is 3.49. The van der Waals surface area contributed by atoms with Gasteiger partial charge in [0.05, 0.1) is 0 Å². The van der Waals surface area contributed by atoms with Crippen molar-refractivity contribution in [2.75, 3.05) is 18.4 Å². The smallest absolute Gasteiger partial charge is 0.271 e. The first-order valence-electron chi connectivity index (χ1n) is 9.14. The van der Waals surface area contributed by atoms with Gasteiger partial charge in [0.2, 0.25) is 0 Å². The van der Waals surface area contributed by atoms with E-state index in [2.05, 4.69) is 31.5 Å². The van der Waals surface area contributed by atoms with E-state index in [1.54, 1.807) is 18.5 Å². The van der Waals surface area contributed by atoms with E-state index >= 15 is 0 Å². The van der Waals surface area contributed by atoms with Gasteiger partial charge in [0.1, 0.15) is 17.3 Å². The van der Waals surface area contributed by atoms with Crippen molar-refractivity contribution in [3.8, 4) is 0 Å². The fourth-order valence-electron chi connectivity index (χ4n) is 3.49. The highest BCUT2D eigenvalue weighted by Crippen LogP contribution is 2.29. The lowest BCUT2D eigenvalue weighted by Gasteiger charge is -2.32. The molecule has 0 bridgehead atoms. The molecule has 1 aliphatic heterocycles. The number of piperidine rings is 1. The molecule has 1 saturated heterocycles. The number of aromatic nitrogens is 4. The average molecular weight is 362 g/mol. The quantitative estimate of drug-likeness (QED) is 0.744. The van der Waals surface area contributed by atoms with Crippen molar-refractivity contribution in [2.45, 2.75) is 25.7 Å². The lowest BCUT2D eigenvalue weighted by Crippen LogP contribution is -2.39. The minimum atomic E-state index is 0.00807. The van der Waals surface area contributed by atoms with Crippen LogP contribution in [0, 0.1) is 6.92 Å². The molecule has 1 aliphatic rings. The number of aryl methyl sites for hydroxylation is 1. The Hall–Kier alpha value is -3.22. The molecule has 1 amide bonds. The number of hydrogen-bond acceptors (Lipinski definition) is 5. The number of nitrogens with zero attached hydrogens (tertiary/aromatic N) is 4. The number of likely N-dealkylation sites (tertiary alicyclic amines) is 1. The van der Waals surface area contributed by atoms with Gasteiger partial charge in [-0.3, -0.25) is 9.89 Å². The van der Waals surface area contributed by atoms with Gasteiger partial charge in [-0.1, -0.05) is 6.07 Å². The second kappa shape index (κ2) is 7.57. The summed E-state index contributed by atoms with van der Waals surface area (Å²) in [6.07, 6.45) is 7.22. The molecule has 2 N–H and O–H groups in total. The molecule has 0 unspecified atom stereocenters. The molecule has 0 spiro atoms. The molecule has 0 radical (unpaired) electrons. The summed E-state index contributed by atoms with van der Waals surface area (Å²) in [5, 5.41) is 9.93. The molecule has 138 valence electrons. The summed E-state index contributed by atoms with van der Waals surface area (Å²) in [5.74, 6) is 1.88. The molecule has 1 fully saturated rings. The lowest BCUT2D eigenvalue weighted by atomic mass is 9.91. The first-order chi connectivity index (χ1) is 13.2. The first kappa shape index (κ1) is 17.2. The molecule has 7 heteroatoms. The molecule has 1 atom stereocenters. The molecule has 4 rings (SSSR count). The van der Waals surface area contributed by atoms with Crippen molar-refractivity contribution in [1.29, 1.82) is 0 Å². The number of aromatic amines is 1.